The summed E-state index contributed by atoms with van der Waals surface area (Å²) in [6.07, 6.45) is 0.137. The zero-order valence-corrected chi connectivity index (χ0v) is 19.5. The Labute approximate surface area is 203 Å². The van der Waals surface area contributed by atoms with E-state index >= 15 is 0 Å². The molecule has 3 aromatic rings. The summed E-state index contributed by atoms with van der Waals surface area (Å²) in [5, 5.41) is 0. The third-order valence-electron chi connectivity index (χ3n) is 6.38. The van der Waals surface area contributed by atoms with Crippen LogP contribution in [0, 0.1) is 0 Å². The number of hydrogen-bond acceptors (Lipinski definition) is 6. The third-order valence-corrected chi connectivity index (χ3v) is 6.38. The van der Waals surface area contributed by atoms with Gasteiger partial charge >= 0.3 is 5.97 Å². The molecule has 2 atom stereocenters. The molecule has 2 heterocycles. The van der Waals surface area contributed by atoms with Crippen LogP contribution in [0.1, 0.15) is 31.4 Å². The topological polar surface area (TPSA) is 79.3 Å². The van der Waals surface area contributed by atoms with Crippen molar-refractivity contribution in [3.05, 3.63) is 96.1 Å². The van der Waals surface area contributed by atoms with Gasteiger partial charge in [-0.3, -0.25) is 9.59 Å². The maximum absolute atomic E-state index is 14.2. The van der Waals surface area contributed by atoms with Crippen LogP contribution in [-0.4, -0.2) is 36.3 Å². The molecule has 2 aliphatic heterocycles. The van der Waals surface area contributed by atoms with Gasteiger partial charge in [-0.25, -0.2) is 14.7 Å². The van der Waals surface area contributed by atoms with E-state index in [4.69, 9.17) is 9.73 Å². The number of rotatable bonds is 5. The highest BCUT2D eigenvalue weighted by atomic mass is 16.5. The first-order chi connectivity index (χ1) is 17.0. The second-order valence-electron chi connectivity index (χ2n) is 8.33. The van der Waals surface area contributed by atoms with E-state index in [0.717, 1.165) is 5.56 Å². The standard InChI is InChI=1S/C28H25N3O4/c1-3-23(32)31-22-18-12-11-17-21(22)28(27(31)34)24(26(33)35-4-2)30(20-15-9-6-10-16-20)25(29-28)19-13-7-5-8-14-19/h5-18,24H,3-4H2,1-2H3. The molecule has 3 aromatic carbocycles. The summed E-state index contributed by atoms with van der Waals surface area (Å²) in [4.78, 5) is 48.8. The number of fused-ring (bicyclic) bond motifs is 2. The van der Waals surface area contributed by atoms with Crippen LogP contribution in [0.2, 0.25) is 0 Å². The zero-order chi connectivity index (χ0) is 24.6. The van der Waals surface area contributed by atoms with Crippen LogP contribution in [0.25, 0.3) is 0 Å². The number of anilines is 2. The SMILES string of the molecule is CCOC(=O)C1N(c2ccccc2)C(c2ccccc2)=NC12C(=O)N(C(=O)CC)c1ccccc12. The lowest BCUT2D eigenvalue weighted by atomic mass is 9.84. The molecule has 7 heteroatoms. The summed E-state index contributed by atoms with van der Waals surface area (Å²) in [7, 11) is 0. The first-order valence-corrected chi connectivity index (χ1v) is 11.7. The molecule has 0 saturated carbocycles. The number of para-hydroxylation sites is 2. The van der Waals surface area contributed by atoms with Crippen LogP contribution in [0.4, 0.5) is 11.4 Å². The number of ether oxygens (including phenoxy) is 1. The molecule has 7 nitrogen and oxygen atoms in total. The van der Waals surface area contributed by atoms with E-state index in [2.05, 4.69) is 0 Å². The summed E-state index contributed by atoms with van der Waals surface area (Å²) in [5.41, 5.74) is 0.722. The van der Waals surface area contributed by atoms with Crippen molar-refractivity contribution in [3.8, 4) is 0 Å². The van der Waals surface area contributed by atoms with Crippen LogP contribution in [0.5, 0.6) is 0 Å². The molecule has 0 saturated heterocycles. The molecule has 0 fully saturated rings. The van der Waals surface area contributed by atoms with Crippen molar-refractivity contribution in [1.29, 1.82) is 0 Å². The normalized spacial score (nSPS) is 20.7. The zero-order valence-electron chi connectivity index (χ0n) is 19.5. The van der Waals surface area contributed by atoms with E-state index in [1.165, 1.54) is 4.90 Å². The van der Waals surface area contributed by atoms with E-state index < -0.39 is 23.5 Å². The fraction of sp³-hybridized carbons (Fsp3) is 0.214. The van der Waals surface area contributed by atoms with Crippen LogP contribution < -0.4 is 9.80 Å². The van der Waals surface area contributed by atoms with Crippen molar-refractivity contribution in [2.24, 2.45) is 4.99 Å². The number of amides is 2. The molecule has 2 aliphatic rings. The molecule has 176 valence electrons. The smallest absolute Gasteiger partial charge is 0.332 e. The van der Waals surface area contributed by atoms with Crippen LogP contribution in [0.15, 0.2) is 89.9 Å². The Hall–Kier alpha value is -4.26. The Kier molecular flexibility index (Phi) is 5.68. The van der Waals surface area contributed by atoms with Gasteiger partial charge in [0.2, 0.25) is 11.4 Å². The Morgan fingerprint density at radius 2 is 1.54 bits per heavy atom. The average molecular weight is 468 g/mol. The van der Waals surface area contributed by atoms with E-state index in [1.807, 2.05) is 60.7 Å². The lowest BCUT2D eigenvalue weighted by molar-refractivity contribution is -0.148. The molecule has 5 rings (SSSR count). The predicted molar refractivity (Wildman–Crippen MR) is 133 cm³/mol. The molecule has 0 aromatic heterocycles. The number of imide groups is 1. The van der Waals surface area contributed by atoms with E-state index in [1.54, 1.807) is 43.0 Å². The van der Waals surface area contributed by atoms with E-state index in [0.29, 0.717) is 22.8 Å². The molecule has 0 N–H and O–H groups in total. The molecule has 0 bridgehead atoms. The number of aliphatic imine (C=N–C) groups is 1. The molecular weight excluding hydrogens is 442 g/mol. The molecule has 35 heavy (non-hydrogen) atoms. The number of esters is 1. The van der Waals surface area contributed by atoms with Gasteiger partial charge in [-0.1, -0.05) is 73.7 Å². The second-order valence-corrected chi connectivity index (χ2v) is 8.33. The van der Waals surface area contributed by atoms with Crippen LogP contribution in [0.3, 0.4) is 0 Å². The number of amidine groups is 1. The maximum Gasteiger partial charge on any atom is 0.332 e. The largest absolute Gasteiger partial charge is 0.464 e. The number of carbonyl (C=O) groups is 3. The maximum atomic E-state index is 14.2. The first kappa shape index (κ1) is 22.5. The monoisotopic (exact) mass is 467 g/mol. The van der Waals surface area contributed by atoms with Crippen molar-refractivity contribution in [3.63, 3.8) is 0 Å². The van der Waals surface area contributed by atoms with Gasteiger partial charge in [-0.05, 0) is 25.1 Å². The summed E-state index contributed by atoms with van der Waals surface area (Å²) in [6.45, 7) is 3.57. The fourth-order valence-electron chi connectivity index (χ4n) is 4.90. The van der Waals surface area contributed by atoms with Crippen molar-refractivity contribution in [1.82, 2.24) is 0 Å². The molecule has 2 unspecified atom stereocenters. The van der Waals surface area contributed by atoms with Gasteiger partial charge < -0.3 is 9.64 Å². The minimum absolute atomic E-state index is 0.137. The first-order valence-electron chi connectivity index (χ1n) is 11.7. The summed E-state index contributed by atoms with van der Waals surface area (Å²) >= 11 is 0. The van der Waals surface area contributed by atoms with E-state index in [9.17, 15) is 14.4 Å². The minimum Gasteiger partial charge on any atom is -0.464 e. The Morgan fingerprint density at radius 1 is 0.914 bits per heavy atom. The fourth-order valence-corrected chi connectivity index (χ4v) is 4.90. The highest BCUT2D eigenvalue weighted by molar-refractivity contribution is 6.28. The summed E-state index contributed by atoms with van der Waals surface area (Å²) in [5.74, 6) is -1.02. The van der Waals surface area contributed by atoms with E-state index in [-0.39, 0.29) is 18.9 Å². The van der Waals surface area contributed by atoms with Gasteiger partial charge in [0.1, 0.15) is 5.84 Å². The van der Waals surface area contributed by atoms with Crippen molar-refractivity contribution in [2.75, 3.05) is 16.4 Å². The molecule has 0 aliphatic carbocycles. The summed E-state index contributed by atoms with van der Waals surface area (Å²) < 4.78 is 5.52. The number of carbonyl (C=O) groups excluding carboxylic acids is 3. The average Bonchev–Trinajstić information content (AvgIpc) is 3.38. The minimum atomic E-state index is -1.67. The third kappa shape index (κ3) is 3.34. The molecule has 1 spiro atoms. The second kappa shape index (κ2) is 8.83. The molecular formula is C28H25N3O4. The van der Waals surface area contributed by atoms with Gasteiger partial charge in [0.25, 0.3) is 5.91 Å². The van der Waals surface area contributed by atoms with Gasteiger partial charge in [-0.2, -0.15) is 0 Å². The van der Waals surface area contributed by atoms with Gasteiger partial charge in [0.05, 0.1) is 12.3 Å². The van der Waals surface area contributed by atoms with Crippen molar-refractivity contribution >= 4 is 35.0 Å². The number of nitrogens with zero attached hydrogens (tertiary/aromatic N) is 3. The summed E-state index contributed by atoms with van der Waals surface area (Å²) in [6, 6.07) is 24.7. The van der Waals surface area contributed by atoms with Crippen molar-refractivity contribution in [2.45, 2.75) is 31.8 Å². The van der Waals surface area contributed by atoms with Crippen LogP contribution >= 0.6 is 0 Å². The van der Waals surface area contributed by atoms with Gasteiger partial charge in [0.15, 0.2) is 6.04 Å². The highest BCUT2D eigenvalue weighted by Gasteiger charge is 2.66. The lowest BCUT2D eigenvalue weighted by Gasteiger charge is -2.33. The van der Waals surface area contributed by atoms with Gasteiger partial charge in [0, 0.05) is 23.2 Å². The quantitative estimate of drug-likeness (QED) is 0.529. The van der Waals surface area contributed by atoms with Crippen molar-refractivity contribution < 1.29 is 19.1 Å². The number of hydrogen-bond donors (Lipinski definition) is 0. The Bertz CT molecular complexity index is 1320. The Morgan fingerprint density at radius 3 is 2.20 bits per heavy atom. The van der Waals surface area contributed by atoms with Gasteiger partial charge in [-0.15, -0.1) is 0 Å². The lowest BCUT2D eigenvalue weighted by Crippen LogP contribution is -2.56. The van der Waals surface area contributed by atoms with Crippen LogP contribution in [-0.2, 0) is 24.7 Å². The number of benzene rings is 3. The highest BCUT2D eigenvalue weighted by Crippen LogP contribution is 2.51. The molecule has 0 radical (unpaired) electrons. The predicted octanol–water partition coefficient (Wildman–Crippen LogP) is 4.06. The Balaban J connectivity index is 1.83. The molecule has 2 amide bonds.